The predicted molar refractivity (Wildman–Crippen MR) is 88.4 cm³/mol. The number of nitrogens with zero attached hydrogens (tertiary/aromatic N) is 3. The summed E-state index contributed by atoms with van der Waals surface area (Å²) in [5.41, 5.74) is 0.608. The van der Waals surface area contributed by atoms with Crippen LogP contribution < -0.4 is 5.32 Å². The highest BCUT2D eigenvalue weighted by atomic mass is 32.1. The van der Waals surface area contributed by atoms with E-state index < -0.39 is 6.04 Å². The number of anilines is 1. The monoisotopic (exact) mass is 330 g/mol. The summed E-state index contributed by atoms with van der Waals surface area (Å²) < 4.78 is 0. The van der Waals surface area contributed by atoms with E-state index in [4.69, 9.17) is 0 Å². The zero-order chi connectivity index (χ0) is 16.2. The lowest BCUT2D eigenvalue weighted by Gasteiger charge is -2.23. The van der Waals surface area contributed by atoms with Crippen LogP contribution >= 0.6 is 11.3 Å². The van der Waals surface area contributed by atoms with E-state index in [1.807, 2.05) is 25.1 Å². The summed E-state index contributed by atoms with van der Waals surface area (Å²) in [6.45, 7) is 2.59. The zero-order valence-electron chi connectivity index (χ0n) is 12.9. The first-order chi connectivity index (χ1) is 11.2. The van der Waals surface area contributed by atoms with E-state index in [9.17, 15) is 9.59 Å². The van der Waals surface area contributed by atoms with Crippen molar-refractivity contribution in [1.29, 1.82) is 0 Å². The molecular weight excluding hydrogens is 312 g/mol. The molecule has 1 aliphatic heterocycles. The van der Waals surface area contributed by atoms with Crippen LogP contribution in [0.3, 0.4) is 0 Å². The van der Waals surface area contributed by atoms with Gasteiger partial charge in [-0.2, -0.15) is 0 Å². The van der Waals surface area contributed by atoms with Gasteiger partial charge in [-0.1, -0.05) is 36.5 Å². The van der Waals surface area contributed by atoms with Gasteiger partial charge in [0.2, 0.25) is 11.0 Å². The summed E-state index contributed by atoms with van der Waals surface area (Å²) in [6.07, 6.45) is 2.28. The Bertz CT molecular complexity index is 701. The first kappa shape index (κ1) is 15.6. The van der Waals surface area contributed by atoms with Crippen molar-refractivity contribution < 1.29 is 9.59 Å². The molecule has 1 aliphatic rings. The number of nitrogens with one attached hydrogen (secondary N) is 1. The van der Waals surface area contributed by atoms with Crippen molar-refractivity contribution in [1.82, 2.24) is 15.1 Å². The van der Waals surface area contributed by atoms with Gasteiger partial charge in [0.1, 0.15) is 11.0 Å². The number of rotatable bonds is 4. The number of aryl methyl sites for hydroxylation is 1. The number of likely N-dealkylation sites (tertiary alicyclic amines) is 1. The van der Waals surface area contributed by atoms with Crippen LogP contribution in [0, 0.1) is 0 Å². The lowest BCUT2D eigenvalue weighted by Crippen LogP contribution is -2.43. The van der Waals surface area contributed by atoms with Crippen LogP contribution in [0.5, 0.6) is 0 Å². The van der Waals surface area contributed by atoms with Gasteiger partial charge in [-0.3, -0.25) is 14.9 Å². The molecule has 1 atom stereocenters. The van der Waals surface area contributed by atoms with E-state index in [-0.39, 0.29) is 11.8 Å². The summed E-state index contributed by atoms with van der Waals surface area (Å²) in [7, 11) is 0. The van der Waals surface area contributed by atoms with E-state index in [1.54, 1.807) is 17.0 Å². The number of hydrogen-bond acceptors (Lipinski definition) is 5. The normalized spacial score (nSPS) is 17.3. The molecule has 1 fully saturated rings. The van der Waals surface area contributed by atoms with Gasteiger partial charge in [-0.05, 0) is 31.4 Å². The van der Waals surface area contributed by atoms with Crippen molar-refractivity contribution in [3.8, 4) is 0 Å². The third-order valence-electron chi connectivity index (χ3n) is 3.84. The Balaban J connectivity index is 1.70. The van der Waals surface area contributed by atoms with Crippen molar-refractivity contribution in [2.75, 3.05) is 11.9 Å². The number of carbonyl (C=O) groups excluding carboxylic acids is 2. The van der Waals surface area contributed by atoms with Gasteiger partial charge in [0.25, 0.3) is 5.91 Å². The van der Waals surface area contributed by atoms with E-state index in [0.29, 0.717) is 23.7 Å². The summed E-state index contributed by atoms with van der Waals surface area (Å²) in [5.74, 6) is -0.291. The molecule has 6 nitrogen and oxygen atoms in total. The molecule has 2 aromatic rings. The molecular formula is C16H18N4O2S. The van der Waals surface area contributed by atoms with Gasteiger partial charge >= 0.3 is 0 Å². The van der Waals surface area contributed by atoms with Crippen molar-refractivity contribution in [2.45, 2.75) is 32.2 Å². The van der Waals surface area contributed by atoms with Crippen LogP contribution in [0.1, 0.15) is 35.1 Å². The van der Waals surface area contributed by atoms with E-state index in [1.165, 1.54) is 11.3 Å². The molecule has 1 aromatic carbocycles. The molecule has 1 aromatic heterocycles. The molecule has 3 rings (SSSR count). The highest BCUT2D eigenvalue weighted by Gasteiger charge is 2.34. The molecule has 0 unspecified atom stereocenters. The second-order valence-corrected chi connectivity index (χ2v) is 6.43. The largest absolute Gasteiger partial charge is 0.327 e. The Labute approximate surface area is 138 Å². The molecule has 0 saturated carbocycles. The molecule has 23 heavy (non-hydrogen) atoms. The Morgan fingerprint density at radius 2 is 2.09 bits per heavy atom. The van der Waals surface area contributed by atoms with Crippen LogP contribution in [0.25, 0.3) is 0 Å². The Hall–Kier alpha value is -2.28. The molecule has 0 spiro atoms. The predicted octanol–water partition coefficient (Wildman–Crippen LogP) is 2.34. The molecule has 7 heteroatoms. The second-order valence-electron chi connectivity index (χ2n) is 5.37. The van der Waals surface area contributed by atoms with Crippen LogP contribution in [-0.4, -0.2) is 39.5 Å². The number of hydrogen-bond donors (Lipinski definition) is 1. The first-order valence-electron chi connectivity index (χ1n) is 7.68. The average Bonchev–Trinajstić information content (AvgIpc) is 3.24. The maximum absolute atomic E-state index is 12.6. The maximum atomic E-state index is 12.6. The molecule has 0 aliphatic carbocycles. The van der Waals surface area contributed by atoms with E-state index in [0.717, 1.165) is 17.8 Å². The number of amides is 2. The fraction of sp³-hybridized carbons (Fsp3) is 0.375. The van der Waals surface area contributed by atoms with Crippen molar-refractivity contribution in [3.63, 3.8) is 0 Å². The lowest BCUT2D eigenvalue weighted by molar-refractivity contribution is -0.119. The van der Waals surface area contributed by atoms with Crippen molar-refractivity contribution in [3.05, 3.63) is 40.9 Å². The third-order valence-corrected chi connectivity index (χ3v) is 4.82. The van der Waals surface area contributed by atoms with E-state index >= 15 is 0 Å². The smallest absolute Gasteiger partial charge is 0.254 e. The summed E-state index contributed by atoms with van der Waals surface area (Å²) in [6, 6.07) is 8.61. The van der Waals surface area contributed by atoms with Gasteiger partial charge in [0.15, 0.2) is 0 Å². The first-order valence-corrected chi connectivity index (χ1v) is 8.50. The maximum Gasteiger partial charge on any atom is 0.254 e. The third kappa shape index (κ3) is 3.39. The van der Waals surface area contributed by atoms with Gasteiger partial charge in [0.05, 0.1) is 0 Å². The SMILES string of the molecule is CCc1nnc(NC(=O)[C@H]2CCCN2C(=O)c2ccccc2)s1. The van der Waals surface area contributed by atoms with Crippen LogP contribution in [0.15, 0.2) is 30.3 Å². The van der Waals surface area contributed by atoms with Crippen molar-refractivity contribution in [2.24, 2.45) is 0 Å². The fourth-order valence-corrected chi connectivity index (χ4v) is 3.35. The molecule has 0 radical (unpaired) electrons. The number of carbonyl (C=O) groups is 2. The highest BCUT2D eigenvalue weighted by Crippen LogP contribution is 2.23. The standard InChI is InChI=1S/C16H18N4O2S/c1-2-13-18-19-16(23-13)17-14(21)12-9-6-10-20(12)15(22)11-7-4-3-5-8-11/h3-5,7-8,12H,2,6,9-10H2,1H3,(H,17,19,21)/t12-/m1/s1. The van der Waals surface area contributed by atoms with Gasteiger partial charge < -0.3 is 4.90 Å². The Kier molecular flexibility index (Phi) is 4.66. The second kappa shape index (κ2) is 6.87. The highest BCUT2D eigenvalue weighted by molar-refractivity contribution is 7.15. The van der Waals surface area contributed by atoms with Gasteiger partial charge in [0, 0.05) is 12.1 Å². The van der Waals surface area contributed by atoms with Crippen LogP contribution in [-0.2, 0) is 11.2 Å². The minimum Gasteiger partial charge on any atom is -0.327 e. The molecule has 0 bridgehead atoms. The average molecular weight is 330 g/mol. The molecule has 120 valence electrons. The number of benzene rings is 1. The quantitative estimate of drug-likeness (QED) is 0.934. The minimum atomic E-state index is -0.448. The lowest BCUT2D eigenvalue weighted by atomic mass is 10.1. The molecule has 1 N–H and O–H groups in total. The Morgan fingerprint density at radius 3 is 2.78 bits per heavy atom. The molecule has 1 saturated heterocycles. The minimum absolute atomic E-state index is 0.102. The summed E-state index contributed by atoms with van der Waals surface area (Å²) >= 11 is 1.37. The topological polar surface area (TPSA) is 75.2 Å². The van der Waals surface area contributed by atoms with Crippen LogP contribution in [0.2, 0.25) is 0 Å². The van der Waals surface area contributed by atoms with Crippen molar-refractivity contribution >= 4 is 28.3 Å². The number of aromatic nitrogens is 2. The summed E-state index contributed by atoms with van der Waals surface area (Å²) in [4.78, 5) is 26.7. The zero-order valence-corrected chi connectivity index (χ0v) is 13.7. The molecule has 2 heterocycles. The van der Waals surface area contributed by atoms with E-state index in [2.05, 4.69) is 15.5 Å². The fourth-order valence-electron chi connectivity index (χ4n) is 2.66. The summed E-state index contributed by atoms with van der Waals surface area (Å²) in [5, 5.41) is 12.1. The Morgan fingerprint density at radius 1 is 1.30 bits per heavy atom. The van der Waals surface area contributed by atoms with Gasteiger partial charge in [-0.25, -0.2) is 0 Å². The van der Waals surface area contributed by atoms with Crippen LogP contribution in [0.4, 0.5) is 5.13 Å². The molecule has 2 amide bonds. The van der Waals surface area contributed by atoms with Gasteiger partial charge in [-0.15, -0.1) is 10.2 Å².